The maximum atomic E-state index is 4.40. The fourth-order valence-electron chi connectivity index (χ4n) is 2.00. The summed E-state index contributed by atoms with van der Waals surface area (Å²) in [4.78, 5) is 4.40. The Hall–Kier alpha value is -1.31. The van der Waals surface area contributed by atoms with Crippen molar-refractivity contribution in [3.05, 3.63) is 30.6 Å². The normalized spacial score (nSPS) is 13.1. The molecule has 2 rings (SSSR count). The average molecular weight is 216 g/mol. The lowest BCUT2D eigenvalue weighted by atomic mass is 10.0. The molecular formula is C14H20N2. The molecule has 0 saturated heterocycles. The molecule has 1 aromatic heterocycles. The number of imidazole rings is 1. The van der Waals surface area contributed by atoms with E-state index in [0.717, 1.165) is 18.0 Å². The largest absolute Gasteiger partial charge is 0.331 e. The molecule has 2 aromatic rings. The van der Waals surface area contributed by atoms with Crippen LogP contribution < -0.4 is 0 Å². The van der Waals surface area contributed by atoms with Crippen LogP contribution in [0.3, 0.4) is 0 Å². The van der Waals surface area contributed by atoms with Crippen molar-refractivity contribution < 1.29 is 0 Å². The van der Waals surface area contributed by atoms with Gasteiger partial charge in [-0.15, -0.1) is 0 Å². The zero-order valence-electron chi connectivity index (χ0n) is 10.2. The molecule has 0 spiro atoms. The SMILES string of the molecule is CCC(C)CCCn1cnc2ccccc21. The Labute approximate surface area is 97.3 Å². The van der Waals surface area contributed by atoms with Gasteiger partial charge in [-0.3, -0.25) is 0 Å². The van der Waals surface area contributed by atoms with Crippen LogP contribution in [-0.2, 0) is 6.54 Å². The second kappa shape index (κ2) is 5.15. The van der Waals surface area contributed by atoms with Crippen LogP contribution >= 0.6 is 0 Å². The Bertz CT molecular complexity index is 445. The predicted octanol–water partition coefficient (Wildman–Crippen LogP) is 3.86. The van der Waals surface area contributed by atoms with Crippen LogP contribution in [0.2, 0.25) is 0 Å². The summed E-state index contributed by atoms with van der Waals surface area (Å²) in [6.07, 6.45) is 5.80. The van der Waals surface area contributed by atoms with Gasteiger partial charge in [-0.25, -0.2) is 4.98 Å². The third-order valence-electron chi connectivity index (χ3n) is 3.32. The predicted molar refractivity (Wildman–Crippen MR) is 68.4 cm³/mol. The van der Waals surface area contributed by atoms with Crippen molar-refractivity contribution in [2.75, 3.05) is 0 Å². The fourth-order valence-corrected chi connectivity index (χ4v) is 2.00. The molecule has 0 N–H and O–H groups in total. The quantitative estimate of drug-likeness (QED) is 0.742. The minimum Gasteiger partial charge on any atom is -0.331 e. The molecule has 2 heteroatoms. The molecule has 1 unspecified atom stereocenters. The van der Waals surface area contributed by atoms with E-state index in [1.807, 2.05) is 12.4 Å². The van der Waals surface area contributed by atoms with Gasteiger partial charge in [-0.05, 0) is 30.9 Å². The highest BCUT2D eigenvalue weighted by atomic mass is 15.0. The Morgan fingerprint density at radius 1 is 1.31 bits per heavy atom. The number of nitrogens with zero attached hydrogens (tertiary/aromatic N) is 2. The molecule has 0 amide bonds. The van der Waals surface area contributed by atoms with E-state index in [1.165, 1.54) is 24.8 Å². The highest BCUT2D eigenvalue weighted by molar-refractivity contribution is 5.74. The molecule has 1 atom stereocenters. The first kappa shape index (κ1) is 11.2. The van der Waals surface area contributed by atoms with Gasteiger partial charge < -0.3 is 4.57 Å². The third-order valence-corrected chi connectivity index (χ3v) is 3.32. The minimum atomic E-state index is 0.842. The summed E-state index contributed by atoms with van der Waals surface area (Å²) in [6, 6.07) is 8.33. The zero-order valence-corrected chi connectivity index (χ0v) is 10.2. The molecule has 0 fully saturated rings. The van der Waals surface area contributed by atoms with Crippen molar-refractivity contribution in [3.8, 4) is 0 Å². The molecule has 0 aliphatic carbocycles. The van der Waals surface area contributed by atoms with Crippen LogP contribution in [0.15, 0.2) is 30.6 Å². The number of rotatable bonds is 5. The van der Waals surface area contributed by atoms with E-state index < -0.39 is 0 Å². The first-order chi connectivity index (χ1) is 7.81. The van der Waals surface area contributed by atoms with E-state index in [9.17, 15) is 0 Å². The lowest BCUT2D eigenvalue weighted by molar-refractivity contribution is 0.471. The highest BCUT2D eigenvalue weighted by Gasteiger charge is 2.02. The second-order valence-corrected chi connectivity index (χ2v) is 4.58. The van der Waals surface area contributed by atoms with E-state index in [0.29, 0.717) is 0 Å². The van der Waals surface area contributed by atoms with E-state index in [-0.39, 0.29) is 0 Å². The Kier molecular flexibility index (Phi) is 3.60. The Morgan fingerprint density at radius 2 is 2.12 bits per heavy atom. The first-order valence-corrected chi connectivity index (χ1v) is 6.21. The number of fused-ring (bicyclic) bond motifs is 1. The van der Waals surface area contributed by atoms with E-state index >= 15 is 0 Å². The summed E-state index contributed by atoms with van der Waals surface area (Å²) in [5, 5.41) is 0. The van der Waals surface area contributed by atoms with Gasteiger partial charge in [-0.2, -0.15) is 0 Å². The molecule has 0 aliphatic rings. The summed E-state index contributed by atoms with van der Waals surface area (Å²) >= 11 is 0. The van der Waals surface area contributed by atoms with Gasteiger partial charge in [0.1, 0.15) is 0 Å². The van der Waals surface area contributed by atoms with Crippen LogP contribution in [0, 0.1) is 5.92 Å². The number of hydrogen-bond acceptors (Lipinski definition) is 1. The van der Waals surface area contributed by atoms with Crippen molar-refractivity contribution in [1.29, 1.82) is 0 Å². The standard InChI is InChI=1S/C14H20N2/c1-3-12(2)7-6-10-16-11-15-13-8-4-5-9-14(13)16/h4-5,8-9,11-12H,3,6-7,10H2,1-2H3. The van der Waals surface area contributed by atoms with Gasteiger partial charge in [0.15, 0.2) is 0 Å². The third kappa shape index (κ3) is 2.43. The smallest absolute Gasteiger partial charge is 0.0958 e. The average Bonchev–Trinajstić information content (AvgIpc) is 2.73. The second-order valence-electron chi connectivity index (χ2n) is 4.58. The summed E-state index contributed by atoms with van der Waals surface area (Å²) in [5.74, 6) is 0.842. The number of hydrogen-bond donors (Lipinski definition) is 0. The van der Waals surface area contributed by atoms with Crippen LogP contribution in [0.5, 0.6) is 0 Å². The van der Waals surface area contributed by atoms with Crippen molar-refractivity contribution in [1.82, 2.24) is 9.55 Å². The monoisotopic (exact) mass is 216 g/mol. The highest BCUT2D eigenvalue weighted by Crippen LogP contribution is 2.15. The van der Waals surface area contributed by atoms with Crippen LogP contribution in [0.25, 0.3) is 11.0 Å². The van der Waals surface area contributed by atoms with Gasteiger partial charge in [0.05, 0.1) is 17.4 Å². The van der Waals surface area contributed by atoms with Crippen molar-refractivity contribution in [2.45, 2.75) is 39.7 Å². The van der Waals surface area contributed by atoms with Crippen molar-refractivity contribution >= 4 is 11.0 Å². The molecule has 2 nitrogen and oxygen atoms in total. The first-order valence-electron chi connectivity index (χ1n) is 6.21. The van der Waals surface area contributed by atoms with Crippen molar-refractivity contribution in [3.63, 3.8) is 0 Å². The minimum absolute atomic E-state index is 0.842. The molecule has 16 heavy (non-hydrogen) atoms. The van der Waals surface area contributed by atoms with E-state index in [2.05, 4.69) is 41.6 Å². The summed E-state index contributed by atoms with van der Waals surface area (Å²) < 4.78 is 2.26. The van der Waals surface area contributed by atoms with Gasteiger partial charge in [0.25, 0.3) is 0 Å². The number of benzene rings is 1. The molecule has 86 valence electrons. The van der Waals surface area contributed by atoms with Gasteiger partial charge in [-0.1, -0.05) is 32.4 Å². The van der Waals surface area contributed by atoms with Crippen molar-refractivity contribution in [2.24, 2.45) is 5.92 Å². The Balaban J connectivity index is 1.99. The molecule has 0 bridgehead atoms. The van der Waals surface area contributed by atoms with Crippen LogP contribution in [0.1, 0.15) is 33.1 Å². The molecule has 0 aliphatic heterocycles. The van der Waals surface area contributed by atoms with Crippen LogP contribution in [0.4, 0.5) is 0 Å². The lowest BCUT2D eigenvalue weighted by Gasteiger charge is -2.08. The number of aromatic nitrogens is 2. The van der Waals surface area contributed by atoms with E-state index in [1.54, 1.807) is 0 Å². The van der Waals surface area contributed by atoms with Gasteiger partial charge >= 0.3 is 0 Å². The van der Waals surface area contributed by atoms with Gasteiger partial charge in [0, 0.05) is 6.54 Å². The maximum Gasteiger partial charge on any atom is 0.0958 e. The lowest BCUT2D eigenvalue weighted by Crippen LogP contribution is -1.99. The summed E-state index contributed by atoms with van der Waals surface area (Å²) in [5.41, 5.74) is 2.36. The van der Waals surface area contributed by atoms with Gasteiger partial charge in [0.2, 0.25) is 0 Å². The maximum absolute atomic E-state index is 4.40. The number of para-hydroxylation sites is 2. The topological polar surface area (TPSA) is 17.8 Å². The summed E-state index contributed by atoms with van der Waals surface area (Å²) in [6.45, 7) is 5.67. The molecule has 1 heterocycles. The molecule has 1 aromatic carbocycles. The fraction of sp³-hybridized carbons (Fsp3) is 0.500. The zero-order chi connectivity index (χ0) is 11.4. The number of aryl methyl sites for hydroxylation is 1. The Morgan fingerprint density at radius 3 is 2.94 bits per heavy atom. The summed E-state index contributed by atoms with van der Waals surface area (Å²) in [7, 11) is 0. The van der Waals surface area contributed by atoms with Crippen LogP contribution in [-0.4, -0.2) is 9.55 Å². The van der Waals surface area contributed by atoms with E-state index in [4.69, 9.17) is 0 Å². The molecular weight excluding hydrogens is 196 g/mol. The molecule has 0 saturated carbocycles. The molecule has 0 radical (unpaired) electrons.